The Kier molecular flexibility index (Phi) is 4.67. The van der Waals surface area contributed by atoms with E-state index in [2.05, 4.69) is 17.1 Å². The van der Waals surface area contributed by atoms with E-state index < -0.39 is 16.0 Å². The van der Waals surface area contributed by atoms with Crippen molar-refractivity contribution in [2.24, 2.45) is 5.92 Å². The highest BCUT2D eigenvalue weighted by Crippen LogP contribution is 2.28. The van der Waals surface area contributed by atoms with Crippen LogP contribution in [-0.4, -0.2) is 48.1 Å². The molecule has 1 aromatic rings. The predicted octanol–water partition coefficient (Wildman–Crippen LogP) is 1.40. The smallest absolute Gasteiger partial charge is 0.342 e. The van der Waals surface area contributed by atoms with Crippen LogP contribution in [0, 0.1) is 5.92 Å². The van der Waals surface area contributed by atoms with Crippen LogP contribution in [0.3, 0.4) is 0 Å². The van der Waals surface area contributed by atoms with E-state index in [1.807, 2.05) is 6.92 Å². The van der Waals surface area contributed by atoms with Crippen LogP contribution in [0.4, 0.5) is 0 Å². The molecule has 0 radical (unpaired) electrons. The van der Waals surface area contributed by atoms with Gasteiger partial charge in [-0.05, 0) is 32.6 Å². The van der Waals surface area contributed by atoms with Crippen molar-refractivity contribution >= 4 is 16.0 Å². The van der Waals surface area contributed by atoms with Gasteiger partial charge in [-0.25, -0.2) is 13.2 Å². The van der Waals surface area contributed by atoms with Gasteiger partial charge >= 0.3 is 5.97 Å². The van der Waals surface area contributed by atoms with E-state index in [1.165, 1.54) is 10.5 Å². The summed E-state index contributed by atoms with van der Waals surface area (Å²) < 4.78 is 31.8. The van der Waals surface area contributed by atoms with Gasteiger partial charge in [-0.15, -0.1) is 0 Å². The molecule has 0 bridgehead atoms. The number of hydrogen-bond acceptors (Lipinski definition) is 5. The van der Waals surface area contributed by atoms with E-state index in [0.717, 1.165) is 12.8 Å². The number of nitrogens with one attached hydrogen (secondary N) is 1. The monoisotopic (exact) mass is 315 g/mol. The fraction of sp³-hybridized carbons (Fsp3) is 0.692. The van der Waals surface area contributed by atoms with Crippen LogP contribution in [0.2, 0.25) is 0 Å². The molecule has 1 fully saturated rings. The van der Waals surface area contributed by atoms with Gasteiger partial charge in [0.15, 0.2) is 5.03 Å². The molecule has 1 aromatic heterocycles. The number of carbonyl (C=O) groups is 1. The zero-order valence-electron chi connectivity index (χ0n) is 12.5. The Morgan fingerprint density at radius 2 is 2.24 bits per heavy atom. The van der Waals surface area contributed by atoms with Gasteiger partial charge in [-0.3, -0.25) is 5.10 Å². The van der Waals surface area contributed by atoms with Crippen LogP contribution < -0.4 is 0 Å². The minimum absolute atomic E-state index is 0.0392. The summed E-state index contributed by atoms with van der Waals surface area (Å²) in [6, 6.07) is -0.0999. The van der Waals surface area contributed by atoms with Gasteiger partial charge in [0, 0.05) is 12.6 Å². The van der Waals surface area contributed by atoms with Crippen molar-refractivity contribution < 1.29 is 17.9 Å². The van der Waals surface area contributed by atoms with Crippen LogP contribution >= 0.6 is 0 Å². The third-order valence-corrected chi connectivity index (χ3v) is 5.73. The van der Waals surface area contributed by atoms with Crippen molar-refractivity contribution in [1.82, 2.24) is 14.5 Å². The Balaban J connectivity index is 2.32. The maximum absolute atomic E-state index is 12.7. The number of aromatic amines is 1. The molecule has 8 heteroatoms. The van der Waals surface area contributed by atoms with E-state index >= 15 is 0 Å². The summed E-state index contributed by atoms with van der Waals surface area (Å²) in [4.78, 5) is 11.8. The number of H-pyrrole nitrogens is 1. The van der Waals surface area contributed by atoms with Crippen molar-refractivity contribution in [3.8, 4) is 0 Å². The van der Waals surface area contributed by atoms with Crippen molar-refractivity contribution in [1.29, 1.82) is 0 Å². The number of hydrogen-bond donors (Lipinski definition) is 1. The minimum atomic E-state index is -3.77. The van der Waals surface area contributed by atoms with Crippen LogP contribution in [-0.2, 0) is 14.8 Å². The summed E-state index contributed by atoms with van der Waals surface area (Å²) in [5.74, 6) is -0.180. The predicted molar refractivity (Wildman–Crippen MR) is 76.3 cm³/mol. The molecular weight excluding hydrogens is 294 g/mol. The first-order valence-corrected chi connectivity index (χ1v) is 8.54. The molecule has 1 saturated heterocycles. The van der Waals surface area contributed by atoms with Crippen molar-refractivity contribution in [3.05, 3.63) is 11.8 Å². The second-order valence-corrected chi connectivity index (χ2v) is 7.25. The number of piperidine rings is 1. The maximum Gasteiger partial charge on any atom is 0.342 e. The van der Waals surface area contributed by atoms with E-state index in [9.17, 15) is 13.2 Å². The van der Waals surface area contributed by atoms with E-state index in [1.54, 1.807) is 6.92 Å². The average Bonchev–Trinajstić information content (AvgIpc) is 2.88. The van der Waals surface area contributed by atoms with Gasteiger partial charge in [-0.1, -0.05) is 6.92 Å². The number of carbonyl (C=O) groups excluding carboxylic acids is 1. The van der Waals surface area contributed by atoms with Crippen molar-refractivity contribution in [3.63, 3.8) is 0 Å². The molecule has 1 aliphatic rings. The summed E-state index contributed by atoms with van der Waals surface area (Å²) in [7, 11) is -3.77. The third kappa shape index (κ3) is 3.11. The van der Waals surface area contributed by atoms with Gasteiger partial charge in [0.05, 0.1) is 12.8 Å². The Morgan fingerprint density at radius 3 is 2.86 bits per heavy atom. The summed E-state index contributed by atoms with van der Waals surface area (Å²) in [5, 5.41) is 5.95. The summed E-state index contributed by atoms with van der Waals surface area (Å²) >= 11 is 0. The molecule has 21 heavy (non-hydrogen) atoms. The molecule has 2 heterocycles. The first kappa shape index (κ1) is 16.0. The number of rotatable bonds is 4. The Labute approximate surface area is 124 Å². The van der Waals surface area contributed by atoms with E-state index in [0.29, 0.717) is 12.5 Å². The molecular formula is C13H21N3O4S. The van der Waals surface area contributed by atoms with Crippen LogP contribution in [0.1, 0.15) is 44.0 Å². The van der Waals surface area contributed by atoms with Gasteiger partial charge in [-0.2, -0.15) is 9.40 Å². The molecule has 0 aliphatic carbocycles. The number of sulfonamides is 1. The Morgan fingerprint density at radius 1 is 1.52 bits per heavy atom. The summed E-state index contributed by atoms with van der Waals surface area (Å²) in [6.45, 7) is 6.29. The lowest BCUT2D eigenvalue weighted by Gasteiger charge is -2.35. The molecule has 1 aliphatic heterocycles. The molecule has 0 amide bonds. The van der Waals surface area contributed by atoms with E-state index in [-0.39, 0.29) is 23.2 Å². The molecule has 1 N–H and O–H groups in total. The zero-order chi connectivity index (χ0) is 15.6. The lowest BCUT2D eigenvalue weighted by atomic mass is 9.95. The highest BCUT2D eigenvalue weighted by molar-refractivity contribution is 7.89. The fourth-order valence-corrected chi connectivity index (χ4v) is 4.41. The standard InChI is InChI=1S/C13H21N3O4S/c1-4-20-13(17)11-8-14-15-12(11)21(18,19)16-6-5-9(2)7-10(16)3/h8-10H,4-7H2,1-3H3,(H,14,15). The fourth-order valence-electron chi connectivity index (χ4n) is 2.69. The minimum Gasteiger partial charge on any atom is -0.462 e. The Hall–Kier alpha value is -1.41. The number of nitrogens with zero attached hydrogens (tertiary/aromatic N) is 2. The second-order valence-electron chi connectivity index (χ2n) is 5.43. The number of ether oxygens (including phenoxy) is 1. The van der Waals surface area contributed by atoms with E-state index in [4.69, 9.17) is 4.74 Å². The average molecular weight is 315 g/mol. The largest absolute Gasteiger partial charge is 0.462 e. The first-order chi connectivity index (χ1) is 9.87. The lowest BCUT2D eigenvalue weighted by Crippen LogP contribution is -2.44. The van der Waals surface area contributed by atoms with Gasteiger partial charge < -0.3 is 4.74 Å². The summed E-state index contributed by atoms with van der Waals surface area (Å²) in [6.07, 6.45) is 2.82. The first-order valence-electron chi connectivity index (χ1n) is 7.10. The van der Waals surface area contributed by atoms with Crippen LogP contribution in [0.15, 0.2) is 11.2 Å². The molecule has 2 rings (SSSR count). The number of esters is 1. The molecule has 0 aromatic carbocycles. The summed E-state index contributed by atoms with van der Waals surface area (Å²) in [5.41, 5.74) is -0.0392. The molecule has 7 nitrogen and oxygen atoms in total. The Bertz CT molecular complexity index is 611. The van der Waals surface area contributed by atoms with Gasteiger partial charge in [0.1, 0.15) is 5.56 Å². The SMILES string of the molecule is CCOC(=O)c1cn[nH]c1S(=O)(=O)N1CCC(C)CC1C. The highest BCUT2D eigenvalue weighted by Gasteiger charge is 2.37. The highest BCUT2D eigenvalue weighted by atomic mass is 32.2. The third-order valence-electron chi connectivity index (χ3n) is 3.74. The van der Waals surface area contributed by atoms with Gasteiger partial charge in [0.2, 0.25) is 0 Å². The van der Waals surface area contributed by atoms with Crippen molar-refractivity contribution in [2.45, 2.75) is 44.7 Å². The molecule has 2 atom stereocenters. The zero-order valence-corrected chi connectivity index (χ0v) is 13.3. The molecule has 118 valence electrons. The van der Waals surface area contributed by atoms with Gasteiger partial charge in [0.25, 0.3) is 10.0 Å². The van der Waals surface area contributed by atoms with Crippen LogP contribution in [0.25, 0.3) is 0 Å². The van der Waals surface area contributed by atoms with Crippen molar-refractivity contribution in [2.75, 3.05) is 13.2 Å². The van der Waals surface area contributed by atoms with Crippen LogP contribution in [0.5, 0.6) is 0 Å². The molecule has 2 unspecified atom stereocenters. The normalized spacial score (nSPS) is 24.0. The lowest BCUT2D eigenvalue weighted by molar-refractivity contribution is 0.0521. The molecule has 0 saturated carbocycles. The topological polar surface area (TPSA) is 92.4 Å². The maximum atomic E-state index is 12.7. The second kappa shape index (κ2) is 6.15. The quantitative estimate of drug-likeness (QED) is 0.848. The number of aromatic nitrogens is 2. The molecule has 0 spiro atoms.